The lowest BCUT2D eigenvalue weighted by molar-refractivity contribution is 0.0760. The van der Waals surface area contributed by atoms with Crippen molar-refractivity contribution in [3.63, 3.8) is 0 Å². The van der Waals surface area contributed by atoms with Crippen molar-refractivity contribution in [1.82, 2.24) is 4.90 Å². The molecule has 1 aliphatic heterocycles. The topological polar surface area (TPSA) is 20.3 Å². The predicted octanol–water partition coefficient (Wildman–Crippen LogP) is 6.00. The van der Waals surface area contributed by atoms with Crippen molar-refractivity contribution in [1.29, 1.82) is 0 Å². The Hall–Kier alpha value is -1.16. The maximum Gasteiger partial charge on any atom is 0.256 e. The molecule has 24 heavy (non-hydrogen) atoms. The number of benzene rings is 2. The molecule has 1 fully saturated rings. The van der Waals surface area contributed by atoms with E-state index in [1.165, 1.54) is 5.56 Å². The Labute approximate surface area is 157 Å². The van der Waals surface area contributed by atoms with Crippen molar-refractivity contribution in [2.45, 2.75) is 25.1 Å². The third-order valence-electron chi connectivity index (χ3n) is 4.20. The van der Waals surface area contributed by atoms with E-state index in [-0.39, 0.29) is 11.3 Å². The maximum atomic E-state index is 12.9. The van der Waals surface area contributed by atoms with Crippen molar-refractivity contribution in [2.75, 3.05) is 12.3 Å². The van der Waals surface area contributed by atoms with Crippen LogP contribution in [0.15, 0.2) is 42.5 Å². The van der Waals surface area contributed by atoms with Crippen LogP contribution in [0.25, 0.3) is 0 Å². The Morgan fingerprint density at radius 2 is 1.88 bits per heavy atom. The summed E-state index contributed by atoms with van der Waals surface area (Å²) in [6.45, 7) is 5.08. The molecular weight excluding hydrogens is 361 g/mol. The molecule has 1 amide bonds. The Morgan fingerprint density at radius 1 is 1.17 bits per heavy atom. The van der Waals surface area contributed by atoms with E-state index in [9.17, 15) is 4.79 Å². The van der Waals surface area contributed by atoms with Crippen LogP contribution in [0.4, 0.5) is 0 Å². The summed E-state index contributed by atoms with van der Waals surface area (Å²) < 4.78 is 0. The van der Waals surface area contributed by atoms with Gasteiger partial charge in [0, 0.05) is 17.3 Å². The number of rotatable bonds is 3. The van der Waals surface area contributed by atoms with Gasteiger partial charge >= 0.3 is 0 Å². The summed E-state index contributed by atoms with van der Waals surface area (Å²) in [5, 5.41) is 0.969. The fraction of sp³-hybridized carbons (Fsp3) is 0.316. The maximum absolute atomic E-state index is 12.9. The molecule has 0 aliphatic carbocycles. The summed E-state index contributed by atoms with van der Waals surface area (Å²) >= 11 is 13.9. The Balaban J connectivity index is 1.86. The molecule has 0 radical (unpaired) electrons. The number of nitrogens with zero attached hydrogens (tertiary/aromatic N) is 1. The van der Waals surface area contributed by atoms with E-state index >= 15 is 0 Å². The Kier molecular flexibility index (Phi) is 5.43. The molecule has 1 aliphatic rings. The van der Waals surface area contributed by atoms with Gasteiger partial charge < -0.3 is 4.90 Å². The van der Waals surface area contributed by atoms with Crippen molar-refractivity contribution in [3.05, 3.63) is 69.2 Å². The highest BCUT2D eigenvalue weighted by Gasteiger charge is 2.32. The number of hydrogen-bond acceptors (Lipinski definition) is 2. The summed E-state index contributed by atoms with van der Waals surface area (Å²) in [6, 6.07) is 13.6. The molecule has 0 spiro atoms. The van der Waals surface area contributed by atoms with Gasteiger partial charge in [0.2, 0.25) is 0 Å². The fourth-order valence-electron chi connectivity index (χ4n) is 2.82. The van der Waals surface area contributed by atoms with Crippen LogP contribution in [0.5, 0.6) is 0 Å². The van der Waals surface area contributed by atoms with E-state index in [1.54, 1.807) is 30.0 Å². The summed E-state index contributed by atoms with van der Waals surface area (Å²) in [6.07, 6.45) is 0. The SMILES string of the molecule is CC(C)c1ccc(C2SCCN2C(=O)c2ccc(Cl)cc2Cl)cc1. The van der Waals surface area contributed by atoms with Crippen molar-refractivity contribution < 1.29 is 4.79 Å². The van der Waals surface area contributed by atoms with E-state index in [0.717, 1.165) is 17.9 Å². The summed E-state index contributed by atoms with van der Waals surface area (Å²) in [4.78, 5) is 14.8. The largest absolute Gasteiger partial charge is 0.322 e. The summed E-state index contributed by atoms with van der Waals surface area (Å²) in [5.74, 6) is 1.38. The van der Waals surface area contributed by atoms with Gasteiger partial charge in [-0.05, 0) is 35.2 Å². The smallest absolute Gasteiger partial charge is 0.256 e. The third kappa shape index (κ3) is 3.58. The molecule has 2 aromatic rings. The van der Waals surface area contributed by atoms with E-state index in [2.05, 4.69) is 38.1 Å². The van der Waals surface area contributed by atoms with Crippen LogP contribution in [-0.2, 0) is 0 Å². The monoisotopic (exact) mass is 379 g/mol. The lowest BCUT2D eigenvalue weighted by atomic mass is 10.0. The Bertz CT molecular complexity index is 746. The summed E-state index contributed by atoms with van der Waals surface area (Å²) in [7, 11) is 0. The normalized spacial score (nSPS) is 17.5. The quantitative estimate of drug-likeness (QED) is 0.650. The van der Waals surface area contributed by atoms with Gasteiger partial charge in [-0.1, -0.05) is 61.3 Å². The number of thioether (sulfide) groups is 1. The van der Waals surface area contributed by atoms with Crippen LogP contribution in [0.1, 0.15) is 46.6 Å². The van der Waals surface area contributed by atoms with Gasteiger partial charge in [0.25, 0.3) is 5.91 Å². The molecule has 3 rings (SSSR count). The number of hydrogen-bond donors (Lipinski definition) is 0. The molecule has 0 bridgehead atoms. The van der Waals surface area contributed by atoms with Crippen LogP contribution in [-0.4, -0.2) is 23.1 Å². The molecule has 1 saturated heterocycles. The molecule has 2 aromatic carbocycles. The molecule has 126 valence electrons. The van der Waals surface area contributed by atoms with E-state index in [0.29, 0.717) is 21.5 Å². The number of carbonyl (C=O) groups is 1. The van der Waals surface area contributed by atoms with Crippen LogP contribution in [0.2, 0.25) is 10.0 Å². The van der Waals surface area contributed by atoms with Gasteiger partial charge in [-0.25, -0.2) is 0 Å². The van der Waals surface area contributed by atoms with Crippen LogP contribution < -0.4 is 0 Å². The van der Waals surface area contributed by atoms with E-state index in [1.807, 2.05) is 4.90 Å². The zero-order chi connectivity index (χ0) is 17.3. The highest BCUT2D eigenvalue weighted by Crippen LogP contribution is 2.39. The Morgan fingerprint density at radius 3 is 2.50 bits per heavy atom. The zero-order valence-corrected chi connectivity index (χ0v) is 16.0. The zero-order valence-electron chi connectivity index (χ0n) is 13.6. The molecular formula is C19H19Cl2NOS. The molecule has 1 heterocycles. The second-order valence-electron chi connectivity index (χ2n) is 6.17. The molecule has 1 atom stereocenters. The minimum atomic E-state index is -0.0420. The molecule has 1 unspecified atom stereocenters. The molecule has 0 N–H and O–H groups in total. The fourth-order valence-corrected chi connectivity index (χ4v) is 4.56. The third-order valence-corrected chi connectivity index (χ3v) is 6.01. The molecule has 2 nitrogen and oxygen atoms in total. The molecule has 0 saturated carbocycles. The first-order chi connectivity index (χ1) is 11.5. The highest BCUT2D eigenvalue weighted by molar-refractivity contribution is 7.99. The average Bonchev–Trinajstić information content (AvgIpc) is 3.04. The first-order valence-corrected chi connectivity index (χ1v) is 9.75. The number of carbonyl (C=O) groups excluding carboxylic acids is 1. The van der Waals surface area contributed by atoms with Crippen molar-refractivity contribution >= 4 is 40.9 Å². The standard InChI is InChI=1S/C19H19Cl2NOS/c1-12(2)13-3-5-14(6-4-13)19-22(9-10-24-19)18(23)16-8-7-15(20)11-17(16)21/h3-8,11-12,19H,9-10H2,1-2H3. The van der Waals surface area contributed by atoms with Crippen LogP contribution in [0.3, 0.4) is 0 Å². The van der Waals surface area contributed by atoms with E-state index < -0.39 is 0 Å². The van der Waals surface area contributed by atoms with Gasteiger partial charge in [0.1, 0.15) is 5.37 Å². The second kappa shape index (κ2) is 7.38. The van der Waals surface area contributed by atoms with Gasteiger partial charge in [-0.15, -0.1) is 11.8 Å². The van der Waals surface area contributed by atoms with Crippen molar-refractivity contribution in [2.24, 2.45) is 0 Å². The summed E-state index contributed by atoms with van der Waals surface area (Å²) in [5.41, 5.74) is 2.97. The van der Waals surface area contributed by atoms with Gasteiger partial charge in [0.15, 0.2) is 0 Å². The van der Waals surface area contributed by atoms with Crippen LogP contribution in [0, 0.1) is 0 Å². The number of halogens is 2. The second-order valence-corrected chi connectivity index (χ2v) is 8.20. The molecule has 0 aromatic heterocycles. The first-order valence-electron chi connectivity index (χ1n) is 7.95. The van der Waals surface area contributed by atoms with Gasteiger partial charge in [0.05, 0.1) is 10.6 Å². The molecule has 5 heteroatoms. The van der Waals surface area contributed by atoms with Crippen molar-refractivity contribution in [3.8, 4) is 0 Å². The van der Waals surface area contributed by atoms with E-state index in [4.69, 9.17) is 23.2 Å². The minimum Gasteiger partial charge on any atom is -0.322 e. The van der Waals surface area contributed by atoms with Gasteiger partial charge in [-0.3, -0.25) is 4.79 Å². The lowest BCUT2D eigenvalue weighted by Crippen LogP contribution is -2.30. The average molecular weight is 380 g/mol. The minimum absolute atomic E-state index is 0.0328. The van der Waals surface area contributed by atoms with Crippen LogP contribution >= 0.6 is 35.0 Å². The predicted molar refractivity (Wildman–Crippen MR) is 103 cm³/mol. The number of amides is 1. The highest BCUT2D eigenvalue weighted by atomic mass is 35.5. The lowest BCUT2D eigenvalue weighted by Gasteiger charge is -2.25. The van der Waals surface area contributed by atoms with Gasteiger partial charge in [-0.2, -0.15) is 0 Å². The first kappa shape index (κ1) is 17.7.